The number of nitrogens with zero attached hydrogens (tertiary/aromatic N) is 1. The van der Waals surface area contributed by atoms with E-state index in [0.717, 1.165) is 18.2 Å². The lowest BCUT2D eigenvalue weighted by molar-refractivity contribution is -0.387. The second-order valence-electron chi connectivity index (χ2n) is 4.12. The fourth-order valence-corrected chi connectivity index (χ4v) is 1.76. The molecule has 0 aliphatic carbocycles. The lowest BCUT2D eigenvalue weighted by atomic mass is 10.0. The van der Waals surface area contributed by atoms with Crippen LogP contribution < -0.4 is 4.74 Å². The molecule has 2 aromatic rings. The number of hydrogen-bond acceptors (Lipinski definition) is 3. The Morgan fingerprint density at radius 1 is 1.05 bits per heavy atom. The number of alkyl halides is 3. The third-order valence-electron chi connectivity index (χ3n) is 2.61. The first-order valence-corrected chi connectivity index (χ1v) is 5.67. The predicted octanol–water partition coefficient (Wildman–Crippen LogP) is 4.44. The van der Waals surface area contributed by atoms with Gasteiger partial charge in [0.15, 0.2) is 0 Å². The van der Waals surface area contributed by atoms with Crippen LogP contribution in [0.2, 0.25) is 0 Å². The first-order valence-electron chi connectivity index (χ1n) is 5.67. The van der Waals surface area contributed by atoms with Gasteiger partial charge in [-0.25, -0.2) is 4.39 Å². The minimum absolute atomic E-state index is 0.118. The number of halogens is 5. The van der Waals surface area contributed by atoms with Crippen LogP contribution in [0.3, 0.4) is 0 Å². The van der Waals surface area contributed by atoms with E-state index >= 15 is 0 Å². The van der Waals surface area contributed by atoms with Crippen LogP contribution in [-0.4, -0.2) is 11.3 Å². The summed E-state index contributed by atoms with van der Waals surface area (Å²) in [5.74, 6) is -3.07. The van der Waals surface area contributed by atoms with E-state index in [0.29, 0.717) is 12.1 Å². The summed E-state index contributed by atoms with van der Waals surface area (Å²) in [5, 5.41) is 10.5. The van der Waals surface area contributed by atoms with E-state index in [4.69, 9.17) is 0 Å². The second-order valence-corrected chi connectivity index (χ2v) is 4.12. The van der Waals surface area contributed by atoms with Gasteiger partial charge in [-0.3, -0.25) is 10.1 Å². The van der Waals surface area contributed by atoms with Gasteiger partial charge in [0.2, 0.25) is 5.82 Å². The first-order chi connectivity index (χ1) is 10.2. The van der Waals surface area contributed by atoms with E-state index in [9.17, 15) is 32.1 Å². The Hall–Kier alpha value is -2.71. The lowest BCUT2D eigenvalue weighted by Crippen LogP contribution is -2.17. The molecule has 0 spiro atoms. The van der Waals surface area contributed by atoms with Crippen molar-refractivity contribution in [1.29, 1.82) is 0 Å². The molecule has 2 rings (SSSR count). The normalized spacial score (nSPS) is 11.3. The number of benzene rings is 2. The molecule has 0 amide bonds. The van der Waals surface area contributed by atoms with Gasteiger partial charge in [-0.05, 0) is 23.8 Å². The van der Waals surface area contributed by atoms with E-state index < -0.39 is 39.9 Å². The molecule has 0 saturated heterocycles. The SMILES string of the molecule is O=[N+]([O-])c1cc(F)c(-c2cccc(OC(F)(F)F)c2)cc1F. The van der Waals surface area contributed by atoms with Crippen molar-refractivity contribution in [2.45, 2.75) is 6.36 Å². The van der Waals surface area contributed by atoms with Gasteiger partial charge in [0, 0.05) is 5.56 Å². The van der Waals surface area contributed by atoms with E-state index in [1.165, 1.54) is 6.07 Å². The number of ether oxygens (including phenoxy) is 1. The molecule has 0 unspecified atom stereocenters. The molecule has 22 heavy (non-hydrogen) atoms. The molecule has 0 saturated carbocycles. The molecule has 4 nitrogen and oxygen atoms in total. The van der Waals surface area contributed by atoms with Crippen molar-refractivity contribution < 1.29 is 31.6 Å². The Labute approximate surface area is 119 Å². The monoisotopic (exact) mass is 319 g/mol. The number of rotatable bonds is 3. The standard InChI is InChI=1S/C13H6F5NO3/c14-10-6-12(19(20)21)11(15)5-9(10)7-2-1-3-8(4-7)22-13(16,17)18/h1-6H. The first kappa shape index (κ1) is 15.7. The number of nitro benzene ring substituents is 1. The Morgan fingerprint density at radius 2 is 1.73 bits per heavy atom. The van der Waals surface area contributed by atoms with Gasteiger partial charge in [-0.1, -0.05) is 12.1 Å². The lowest BCUT2D eigenvalue weighted by Gasteiger charge is -2.10. The van der Waals surface area contributed by atoms with E-state index in [-0.39, 0.29) is 5.56 Å². The number of hydrogen-bond donors (Lipinski definition) is 0. The van der Waals surface area contributed by atoms with Gasteiger partial charge in [-0.2, -0.15) is 4.39 Å². The maximum absolute atomic E-state index is 13.8. The molecule has 0 N–H and O–H groups in total. The molecule has 9 heteroatoms. The highest BCUT2D eigenvalue weighted by Gasteiger charge is 2.31. The van der Waals surface area contributed by atoms with Crippen molar-refractivity contribution in [1.82, 2.24) is 0 Å². The van der Waals surface area contributed by atoms with Gasteiger partial charge in [-0.15, -0.1) is 13.2 Å². The molecule has 0 aliphatic rings. The van der Waals surface area contributed by atoms with Crippen LogP contribution in [0.4, 0.5) is 27.6 Å². The largest absolute Gasteiger partial charge is 0.573 e. The highest BCUT2D eigenvalue weighted by atomic mass is 19.4. The van der Waals surface area contributed by atoms with Crippen molar-refractivity contribution in [3.05, 3.63) is 58.1 Å². The molecule has 0 bridgehead atoms. The minimum Gasteiger partial charge on any atom is -0.406 e. The molecular formula is C13H6F5NO3. The summed E-state index contributed by atoms with van der Waals surface area (Å²) in [7, 11) is 0. The van der Waals surface area contributed by atoms with E-state index in [1.807, 2.05) is 0 Å². The predicted molar refractivity (Wildman–Crippen MR) is 65.1 cm³/mol. The summed E-state index contributed by atoms with van der Waals surface area (Å²) in [5.41, 5.74) is -1.60. The zero-order valence-electron chi connectivity index (χ0n) is 10.5. The summed E-state index contributed by atoms with van der Waals surface area (Å²) < 4.78 is 67.4. The quantitative estimate of drug-likeness (QED) is 0.477. The Balaban J connectivity index is 2.46. The third kappa shape index (κ3) is 3.48. The molecule has 0 aromatic heterocycles. The smallest absolute Gasteiger partial charge is 0.406 e. The Kier molecular flexibility index (Phi) is 3.98. The number of nitro groups is 1. The summed E-state index contributed by atoms with van der Waals surface area (Å²) >= 11 is 0. The minimum atomic E-state index is -4.93. The van der Waals surface area contributed by atoms with Crippen molar-refractivity contribution in [3.8, 4) is 16.9 Å². The summed E-state index contributed by atoms with van der Waals surface area (Å²) in [6, 6.07) is 5.10. The summed E-state index contributed by atoms with van der Waals surface area (Å²) in [6.45, 7) is 0. The molecule has 116 valence electrons. The maximum atomic E-state index is 13.8. The molecule has 0 atom stereocenters. The fourth-order valence-electron chi connectivity index (χ4n) is 1.76. The van der Waals surface area contributed by atoms with Gasteiger partial charge in [0.05, 0.1) is 11.0 Å². The van der Waals surface area contributed by atoms with Gasteiger partial charge < -0.3 is 4.74 Å². The average Bonchev–Trinajstić information content (AvgIpc) is 2.39. The fraction of sp³-hybridized carbons (Fsp3) is 0.0769. The van der Waals surface area contributed by atoms with Crippen LogP contribution in [0.1, 0.15) is 0 Å². The van der Waals surface area contributed by atoms with Gasteiger partial charge in [0.25, 0.3) is 0 Å². The van der Waals surface area contributed by atoms with Gasteiger partial charge >= 0.3 is 12.0 Å². The zero-order valence-corrected chi connectivity index (χ0v) is 10.5. The highest BCUT2D eigenvalue weighted by molar-refractivity contribution is 5.67. The van der Waals surface area contributed by atoms with Crippen molar-refractivity contribution in [3.63, 3.8) is 0 Å². The molecule has 0 radical (unpaired) electrons. The van der Waals surface area contributed by atoms with Crippen LogP contribution in [-0.2, 0) is 0 Å². The maximum Gasteiger partial charge on any atom is 0.573 e. The van der Waals surface area contributed by atoms with Gasteiger partial charge in [0.1, 0.15) is 11.6 Å². The second kappa shape index (κ2) is 5.58. The van der Waals surface area contributed by atoms with E-state index in [2.05, 4.69) is 4.74 Å². The van der Waals surface area contributed by atoms with Crippen LogP contribution in [0.25, 0.3) is 11.1 Å². The summed E-state index contributed by atoms with van der Waals surface area (Å²) in [6.07, 6.45) is -4.93. The average molecular weight is 319 g/mol. The van der Waals surface area contributed by atoms with Crippen molar-refractivity contribution >= 4 is 5.69 Å². The van der Waals surface area contributed by atoms with Crippen LogP contribution >= 0.6 is 0 Å². The molecule has 0 aliphatic heterocycles. The van der Waals surface area contributed by atoms with Crippen LogP contribution in [0.5, 0.6) is 5.75 Å². The van der Waals surface area contributed by atoms with Crippen LogP contribution in [0, 0.1) is 21.7 Å². The summed E-state index contributed by atoms with van der Waals surface area (Å²) in [4.78, 5) is 9.38. The molecule has 2 aromatic carbocycles. The third-order valence-corrected chi connectivity index (χ3v) is 2.61. The van der Waals surface area contributed by atoms with E-state index in [1.54, 1.807) is 0 Å². The molecule has 0 fully saturated rings. The topological polar surface area (TPSA) is 52.4 Å². The van der Waals surface area contributed by atoms with Crippen molar-refractivity contribution in [2.75, 3.05) is 0 Å². The Morgan fingerprint density at radius 3 is 2.32 bits per heavy atom. The molecule has 0 heterocycles. The highest BCUT2D eigenvalue weighted by Crippen LogP contribution is 2.32. The zero-order chi connectivity index (χ0) is 16.5. The molecular weight excluding hydrogens is 313 g/mol. The Bertz CT molecular complexity index is 730. The van der Waals surface area contributed by atoms with Crippen LogP contribution in [0.15, 0.2) is 36.4 Å². The van der Waals surface area contributed by atoms with Crippen molar-refractivity contribution in [2.24, 2.45) is 0 Å².